The fourth-order valence-corrected chi connectivity index (χ4v) is 3.14. The molecule has 4 heteroatoms. The number of benzene rings is 2. The van der Waals surface area contributed by atoms with Crippen molar-refractivity contribution in [1.82, 2.24) is 0 Å². The number of ether oxygens (including phenoxy) is 1. The van der Waals surface area contributed by atoms with Gasteiger partial charge in [0.2, 0.25) is 5.78 Å². The molecule has 0 N–H and O–H groups in total. The molecule has 1 aliphatic rings. The molecular formula is C17H12O3S. The van der Waals surface area contributed by atoms with Crippen LogP contribution in [0, 0.1) is 0 Å². The van der Waals surface area contributed by atoms with E-state index in [1.54, 1.807) is 12.1 Å². The minimum atomic E-state index is -0.349. The average molecular weight is 296 g/mol. The Hall–Kier alpha value is -2.33. The topological polar surface area (TPSA) is 43.4 Å². The van der Waals surface area contributed by atoms with E-state index < -0.39 is 0 Å². The summed E-state index contributed by atoms with van der Waals surface area (Å²) in [5.74, 6) is 0.205. The van der Waals surface area contributed by atoms with Crippen LogP contribution < -0.4 is 4.74 Å². The molecule has 0 fully saturated rings. The van der Waals surface area contributed by atoms with Crippen molar-refractivity contribution in [3.8, 4) is 5.75 Å². The van der Waals surface area contributed by atoms with Crippen LogP contribution in [0.5, 0.6) is 5.75 Å². The van der Waals surface area contributed by atoms with Crippen LogP contribution in [-0.2, 0) is 4.79 Å². The van der Waals surface area contributed by atoms with E-state index >= 15 is 0 Å². The van der Waals surface area contributed by atoms with E-state index in [0.717, 1.165) is 16.0 Å². The lowest BCUT2D eigenvalue weighted by molar-refractivity contribution is -0.131. The van der Waals surface area contributed by atoms with Gasteiger partial charge in [0.05, 0.1) is 4.91 Å². The average Bonchev–Trinajstić information content (AvgIpc) is 2.78. The number of carbonyl (C=O) groups is 2. The first-order chi connectivity index (χ1) is 10.1. The van der Waals surface area contributed by atoms with Gasteiger partial charge in [-0.05, 0) is 35.9 Å². The second-order valence-corrected chi connectivity index (χ2v) is 5.68. The lowest BCUT2D eigenvalue weighted by Gasteiger charge is -2.01. The zero-order chi connectivity index (χ0) is 14.8. The molecule has 21 heavy (non-hydrogen) atoms. The van der Waals surface area contributed by atoms with E-state index in [-0.39, 0.29) is 11.8 Å². The van der Waals surface area contributed by atoms with Gasteiger partial charge in [-0.2, -0.15) is 0 Å². The van der Waals surface area contributed by atoms with Crippen LogP contribution in [0.4, 0.5) is 0 Å². The highest BCUT2D eigenvalue weighted by Gasteiger charge is 2.24. The Morgan fingerprint density at radius 2 is 1.81 bits per heavy atom. The molecule has 3 nitrogen and oxygen atoms in total. The van der Waals surface area contributed by atoms with E-state index in [4.69, 9.17) is 4.74 Å². The van der Waals surface area contributed by atoms with Gasteiger partial charge in [0.15, 0.2) is 0 Å². The van der Waals surface area contributed by atoms with Crippen molar-refractivity contribution in [3.05, 3.63) is 64.6 Å². The normalized spacial score (nSPS) is 15.1. The molecule has 0 amide bonds. The maximum atomic E-state index is 12.3. The molecule has 2 aromatic carbocycles. The minimum Gasteiger partial charge on any atom is -0.427 e. The summed E-state index contributed by atoms with van der Waals surface area (Å²) in [7, 11) is 0. The monoisotopic (exact) mass is 296 g/mol. The van der Waals surface area contributed by atoms with Gasteiger partial charge in [-0.3, -0.25) is 9.59 Å². The third-order valence-electron chi connectivity index (χ3n) is 3.01. The Labute approximate surface area is 126 Å². The Kier molecular flexibility index (Phi) is 3.62. The van der Waals surface area contributed by atoms with Crippen LogP contribution in [0.1, 0.15) is 22.8 Å². The third kappa shape index (κ3) is 2.90. The highest BCUT2D eigenvalue weighted by molar-refractivity contribution is 8.04. The first-order valence-electron chi connectivity index (χ1n) is 6.45. The number of hydrogen-bond acceptors (Lipinski definition) is 4. The van der Waals surface area contributed by atoms with Crippen LogP contribution in [0.15, 0.2) is 58.3 Å². The van der Waals surface area contributed by atoms with Crippen molar-refractivity contribution < 1.29 is 14.3 Å². The van der Waals surface area contributed by atoms with E-state index in [9.17, 15) is 9.59 Å². The van der Waals surface area contributed by atoms with Crippen molar-refractivity contribution in [2.45, 2.75) is 11.8 Å². The van der Waals surface area contributed by atoms with Crippen molar-refractivity contribution in [3.63, 3.8) is 0 Å². The Morgan fingerprint density at radius 3 is 2.48 bits per heavy atom. The van der Waals surface area contributed by atoms with Gasteiger partial charge in [0, 0.05) is 17.4 Å². The first-order valence-corrected chi connectivity index (χ1v) is 7.27. The SMILES string of the molecule is CC(=O)Oc1ccc(/C=C2\Sc3ccccc3C2=O)cc1. The van der Waals surface area contributed by atoms with Crippen LogP contribution in [0.25, 0.3) is 6.08 Å². The van der Waals surface area contributed by atoms with Gasteiger partial charge in [-0.15, -0.1) is 0 Å². The summed E-state index contributed by atoms with van der Waals surface area (Å²) >= 11 is 1.48. The zero-order valence-electron chi connectivity index (χ0n) is 11.3. The predicted octanol–water partition coefficient (Wildman–Crippen LogP) is 3.94. The molecule has 0 bridgehead atoms. The van der Waals surface area contributed by atoms with Crippen LogP contribution >= 0.6 is 11.8 Å². The largest absolute Gasteiger partial charge is 0.427 e. The fourth-order valence-electron chi connectivity index (χ4n) is 2.09. The highest BCUT2D eigenvalue weighted by Crippen LogP contribution is 2.40. The van der Waals surface area contributed by atoms with Gasteiger partial charge in [0.25, 0.3) is 0 Å². The molecule has 0 atom stereocenters. The predicted molar refractivity (Wildman–Crippen MR) is 82.4 cm³/mol. The number of fused-ring (bicyclic) bond motifs is 1. The number of esters is 1. The molecule has 1 heterocycles. The highest BCUT2D eigenvalue weighted by atomic mass is 32.2. The van der Waals surface area contributed by atoms with Crippen LogP contribution in [0.3, 0.4) is 0 Å². The summed E-state index contributed by atoms with van der Waals surface area (Å²) in [6.45, 7) is 1.36. The Morgan fingerprint density at radius 1 is 1.10 bits per heavy atom. The van der Waals surface area contributed by atoms with Gasteiger partial charge in [-0.25, -0.2) is 0 Å². The molecule has 0 aromatic heterocycles. The molecule has 0 saturated carbocycles. The number of ketones is 1. The quantitative estimate of drug-likeness (QED) is 0.478. The summed E-state index contributed by atoms with van der Waals surface area (Å²) in [5, 5.41) is 0. The van der Waals surface area contributed by atoms with Crippen molar-refractivity contribution in [2.75, 3.05) is 0 Å². The van der Waals surface area contributed by atoms with Gasteiger partial charge >= 0.3 is 5.97 Å². The second-order valence-electron chi connectivity index (χ2n) is 4.60. The molecule has 104 valence electrons. The van der Waals surface area contributed by atoms with Crippen molar-refractivity contribution in [1.29, 1.82) is 0 Å². The van der Waals surface area contributed by atoms with Crippen molar-refractivity contribution >= 4 is 29.6 Å². The molecule has 0 radical (unpaired) electrons. The summed E-state index contributed by atoms with van der Waals surface area (Å²) in [6, 6.07) is 14.7. The van der Waals surface area contributed by atoms with Gasteiger partial charge < -0.3 is 4.74 Å². The summed E-state index contributed by atoms with van der Waals surface area (Å²) in [4.78, 5) is 24.8. The first kappa shape index (κ1) is 13.6. The Bertz CT molecular complexity index is 745. The molecular weight excluding hydrogens is 284 g/mol. The van der Waals surface area contributed by atoms with E-state index in [0.29, 0.717) is 10.7 Å². The third-order valence-corrected chi connectivity index (χ3v) is 4.11. The summed E-state index contributed by atoms with van der Waals surface area (Å²) < 4.78 is 4.98. The van der Waals surface area contributed by atoms with E-state index in [1.165, 1.54) is 18.7 Å². The number of carbonyl (C=O) groups excluding carboxylic acids is 2. The molecule has 3 rings (SSSR count). The summed E-state index contributed by atoms with van der Waals surface area (Å²) in [5.41, 5.74) is 1.65. The zero-order valence-corrected chi connectivity index (χ0v) is 12.1. The van der Waals surface area contributed by atoms with Gasteiger partial charge in [-0.1, -0.05) is 36.0 Å². The van der Waals surface area contributed by atoms with Crippen LogP contribution in [-0.4, -0.2) is 11.8 Å². The summed E-state index contributed by atoms with van der Waals surface area (Å²) in [6.07, 6.45) is 1.85. The molecule has 0 saturated heterocycles. The maximum Gasteiger partial charge on any atom is 0.308 e. The second kappa shape index (κ2) is 5.58. The molecule has 0 spiro atoms. The fraction of sp³-hybridized carbons (Fsp3) is 0.0588. The maximum absolute atomic E-state index is 12.3. The smallest absolute Gasteiger partial charge is 0.308 e. The molecule has 2 aromatic rings. The number of thioether (sulfide) groups is 1. The van der Waals surface area contributed by atoms with Gasteiger partial charge in [0.1, 0.15) is 5.75 Å². The lowest BCUT2D eigenvalue weighted by atomic mass is 10.1. The van der Waals surface area contributed by atoms with Crippen molar-refractivity contribution in [2.24, 2.45) is 0 Å². The van der Waals surface area contributed by atoms with E-state index in [2.05, 4.69) is 0 Å². The number of hydrogen-bond donors (Lipinski definition) is 0. The number of allylic oxidation sites excluding steroid dienone is 1. The number of rotatable bonds is 2. The molecule has 0 aliphatic carbocycles. The lowest BCUT2D eigenvalue weighted by Crippen LogP contribution is -2.00. The molecule has 0 unspecified atom stereocenters. The Balaban J connectivity index is 1.84. The van der Waals surface area contributed by atoms with Crippen LogP contribution in [0.2, 0.25) is 0 Å². The molecule has 1 aliphatic heterocycles. The van der Waals surface area contributed by atoms with E-state index in [1.807, 2.05) is 42.5 Å². The number of Topliss-reactive ketones (excluding diaryl/α,β-unsaturated/α-hetero) is 1. The minimum absolute atomic E-state index is 0.0552. The standard InChI is InChI=1S/C17H12O3S/c1-11(18)20-13-8-6-12(7-9-13)10-16-17(19)14-4-2-3-5-15(14)21-16/h2-10H,1H3/b16-10-.